The van der Waals surface area contributed by atoms with E-state index in [1.807, 2.05) is 51.1 Å². The Labute approximate surface area is 98.3 Å². The highest BCUT2D eigenvalue weighted by molar-refractivity contribution is 7.69. The van der Waals surface area contributed by atoms with Gasteiger partial charge < -0.3 is 0 Å². The number of hydrogen-bond donors (Lipinski definition) is 0. The Hall–Kier alpha value is -0.470. The highest BCUT2D eigenvalue weighted by Crippen LogP contribution is 2.60. The Morgan fingerprint density at radius 3 is 1.62 bits per heavy atom. The fraction of sp³-hybridized carbons (Fsp3) is 0.500. The lowest BCUT2D eigenvalue weighted by Gasteiger charge is -2.20. The third-order valence-corrected chi connectivity index (χ3v) is 4.69. The van der Waals surface area contributed by atoms with Crippen LogP contribution >= 0.6 is 7.94 Å². The van der Waals surface area contributed by atoms with Crippen molar-refractivity contribution in [3.63, 3.8) is 0 Å². The Bertz CT molecular complexity index is 273. The topological polar surface area (TPSA) is 27.7 Å². The largest absolute Gasteiger partial charge is 0.448 e. The molecule has 90 valence electrons. The van der Waals surface area contributed by atoms with Gasteiger partial charge in [-0.05, 0) is 32.9 Å². The second kappa shape index (κ2) is 6.97. The maximum Gasteiger partial charge on any atom is 0.448 e. The molecule has 0 saturated carbocycles. The molecule has 0 radical (unpaired) electrons. The molecule has 0 aromatic heterocycles. The normalized spacial score (nSPS) is 11.7. The monoisotopic (exact) mass is 243 g/mol. The van der Waals surface area contributed by atoms with Gasteiger partial charge >= 0.3 is 7.94 Å². The summed E-state index contributed by atoms with van der Waals surface area (Å²) >= 11 is 0. The van der Waals surface area contributed by atoms with Crippen LogP contribution in [0.4, 0.5) is 0 Å². The van der Waals surface area contributed by atoms with Gasteiger partial charge in [-0.1, -0.05) is 18.2 Å². The molecular formula is C12H20O3P+. The molecular weight excluding hydrogens is 223 g/mol. The van der Waals surface area contributed by atoms with Crippen LogP contribution in [0.2, 0.25) is 0 Å². The summed E-state index contributed by atoms with van der Waals surface area (Å²) < 4.78 is 17.3. The molecule has 0 unspecified atom stereocenters. The van der Waals surface area contributed by atoms with Crippen molar-refractivity contribution in [1.29, 1.82) is 0 Å². The van der Waals surface area contributed by atoms with E-state index in [-0.39, 0.29) is 0 Å². The molecule has 0 N–H and O–H groups in total. The first kappa shape index (κ1) is 13.6. The standard InChI is InChI=1S/C12H20O3P/c1-4-13-16(14-5-2,15-6-3)12-10-8-7-9-11-12/h7-11H,4-6H2,1-3H3/q+1. The second-order valence-electron chi connectivity index (χ2n) is 3.09. The van der Waals surface area contributed by atoms with E-state index >= 15 is 0 Å². The molecule has 1 aromatic rings. The highest BCUT2D eigenvalue weighted by Gasteiger charge is 2.47. The molecule has 0 heterocycles. The number of rotatable bonds is 7. The van der Waals surface area contributed by atoms with Crippen LogP contribution in [0.15, 0.2) is 30.3 Å². The van der Waals surface area contributed by atoms with E-state index < -0.39 is 7.94 Å². The van der Waals surface area contributed by atoms with Crippen molar-refractivity contribution in [2.75, 3.05) is 19.8 Å². The quantitative estimate of drug-likeness (QED) is 0.688. The zero-order chi connectivity index (χ0) is 11.9. The van der Waals surface area contributed by atoms with Gasteiger partial charge in [0.05, 0.1) is 19.8 Å². The molecule has 16 heavy (non-hydrogen) atoms. The first-order valence-corrected chi connectivity index (χ1v) is 7.21. The van der Waals surface area contributed by atoms with E-state index in [9.17, 15) is 0 Å². The predicted octanol–water partition coefficient (Wildman–Crippen LogP) is 3.18. The van der Waals surface area contributed by atoms with Crippen LogP contribution in [0.5, 0.6) is 0 Å². The third kappa shape index (κ3) is 3.26. The van der Waals surface area contributed by atoms with E-state index in [1.165, 1.54) is 0 Å². The van der Waals surface area contributed by atoms with Crippen LogP contribution in [0.1, 0.15) is 20.8 Å². The molecule has 0 saturated heterocycles. The molecule has 0 spiro atoms. The summed E-state index contributed by atoms with van der Waals surface area (Å²) in [5.74, 6) is 0. The van der Waals surface area contributed by atoms with Crippen LogP contribution in [-0.4, -0.2) is 19.8 Å². The van der Waals surface area contributed by atoms with Crippen LogP contribution in [-0.2, 0) is 13.6 Å². The summed E-state index contributed by atoms with van der Waals surface area (Å²) in [7, 11) is -2.35. The van der Waals surface area contributed by atoms with Crippen LogP contribution in [0, 0.1) is 0 Å². The van der Waals surface area contributed by atoms with Crippen molar-refractivity contribution in [3.8, 4) is 0 Å². The highest BCUT2D eigenvalue weighted by atomic mass is 31.2. The molecule has 0 amide bonds. The second-order valence-corrected chi connectivity index (χ2v) is 5.37. The van der Waals surface area contributed by atoms with E-state index in [2.05, 4.69) is 0 Å². The zero-order valence-corrected chi connectivity index (χ0v) is 11.1. The minimum atomic E-state index is -2.35. The fourth-order valence-corrected chi connectivity index (χ4v) is 3.68. The van der Waals surface area contributed by atoms with Gasteiger partial charge in [-0.2, -0.15) is 13.6 Å². The molecule has 0 aliphatic carbocycles. The molecule has 0 aliphatic heterocycles. The third-order valence-electron chi connectivity index (χ3n) is 1.97. The summed E-state index contributed by atoms with van der Waals surface area (Å²) in [4.78, 5) is 0. The molecule has 0 fully saturated rings. The van der Waals surface area contributed by atoms with Gasteiger partial charge in [0.2, 0.25) is 0 Å². The first-order chi connectivity index (χ1) is 7.79. The van der Waals surface area contributed by atoms with Gasteiger partial charge in [-0.3, -0.25) is 0 Å². The lowest BCUT2D eigenvalue weighted by Crippen LogP contribution is -2.19. The Kier molecular flexibility index (Phi) is 5.93. The van der Waals surface area contributed by atoms with Crippen molar-refractivity contribution >= 4 is 13.2 Å². The van der Waals surface area contributed by atoms with E-state index in [0.717, 1.165) is 5.30 Å². The predicted molar refractivity (Wildman–Crippen MR) is 67.9 cm³/mol. The van der Waals surface area contributed by atoms with Crippen LogP contribution < -0.4 is 5.30 Å². The van der Waals surface area contributed by atoms with Crippen molar-refractivity contribution < 1.29 is 13.6 Å². The van der Waals surface area contributed by atoms with Crippen molar-refractivity contribution in [1.82, 2.24) is 0 Å². The summed E-state index contributed by atoms with van der Waals surface area (Å²) in [6, 6.07) is 9.91. The summed E-state index contributed by atoms with van der Waals surface area (Å²) in [5, 5.41) is 1.00. The molecule has 0 aliphatic rings. The van der Waals surface area contributed by atoms with E-state index in [0.29, 0.717) is 19.8 Å². The lowest BCUT2D eigenvalue weighted by molar-refractivity contribution is 0.161. The average molecular weight is 243 g/mol. The molecule has 1 aromatic carbocycles. The zero-order valence-electron chi connectivity index (χ0n) is 10.2. The maximum absolute atomic E-state index is 5.76. The summed E-state index contributed by atoms with van der Waals surface area (Å²) in [5.41, 5.74) is 0. The van der Waals surface area contributed by atoms with Gasteiger partial charge in [0, 0.05) is 0 Å². The first-order valence-electron chi connectivity index (χ1n) is 5.67. The minimum Gasteiger partial charge on any atom is -0.174 e. The van der Waals surface area contributed by atoms with Crippen LogP contribution in [0.3, 0.4) is 0 Å². The molecule has 1 rings (SSSR count). The van der Waals surface area contributed by atoms with Gasteiger partial charge in [-0.15, -0.1) is 0 Å². The average Bonchev–Trinajstić information content (AvgIpc) is 2.31. The summed E-state index contributed by atoms with van der Waals surface area (Å²) in [6.45, 7) is 7.62. The maximum atomic E-state index is 5.76. The Morgan fingerprint density at radius 1 is 0.812 bits per heavy atom. The van der Waals surface area contributed by atoms with Crippen molar-refractivity contribution in [3.05, 3.63) is 30.3 Å². The smallest absolute Gasteiger partial charge is 0.174 e. The van der Waals surface area contributed by atoms with Crippen molar-refractivity contribution in [2.45, 2.75) is 20.8 Å². The van der Waals surface area contributed by atoms with E-state index in [4.69, 9.17) is 13.6 Å². The van der Waals surface area contributed by atoms with Crippen molar-refractivity contribution in [2.24, 2.45) is 0 Å². The fourth-order valence-electron chi connectivity index (χ4n) is 1.46. The van der Waals surface area contributed by atoms with Gasteiger partial charge in [0.15, 0.2) is 5.30 Å². The Balaban J connectivity index is 2.99. The van der Waals surface area contributed by atoms with Gasteiger partial charge in [-0.25, -0.2) is 0 Å². The molecule has 0 bridgehead atoms. The molecule has 3 nitrogen and oxygen atoms in total. The van der Waals surface area contributed by atoms with E-state index in [1.54, 1.807) is 0 Å². The SMILES string of the molecule is CCO[P+](OCC)(OCC)c1ccccc1. The minimum absolute atomic E-state index is 0.586. The van der Waals surface area contributed by atoms with Crippen LogP contribution in [0.25, 0.3) is 0 Å². The molecule has 4 heteroatoms. The number of benzene rings is 1. The van der Waals surface area contributed by atoms with Gasteiger partial charge in [0.25, 0.3) is 0 Å². The molecule has 0 atom stereocenters. The lowest BCUT2D eigenvalue weighted by atomic mass is 10.4. The number of hydrogen-bond acceptors (Lipinski definition) is 3. The van der Waals surface area contributed by atoms with Gasteiger partial charge in [0.1, 0.15) is 0 Å². The summed E-state index contributed by atoms with van der Waals surface area (Å²) in [6.07, 6.45) is 0. The Morgan fingerprint density at radius 2 is 1.25 bits per heavy atom.